The predicted molar refractivity (Wildman–Crippen MR) is 111 cm³/mol. The lowest BCUT2D eigenvalue weighted by molar-refractivity contribution is -0.155. The average molecular weight is 420 g/mol. The van der Waals surface area contributed by atoms with Gasteiger partial charge in [0.2, 0.25) is 5.91 Å². The van der Waals surface area contributed by atoms with E-state index in [0.29, 0.717) is 19.6 Å². The molecule has 1 atom stereocenters. The van der Waals surface area contributed by atoms with Crippen LogP contribution in [-0.4, -0.2) is 51.7 Å². The summed E-state index contributed by atoms with van der Waals surface area (Å²) in [6, 6.07) is -0.443. The monoisotopic (exact) mass is 419 g/mol. The number of thiophene rings is 1. The first-order valence-electron chi connectivity index (χ1n) is 10.0. The number of hydrogen-bond acceptors (Lipinski definition) is 7. The highest BCUT2D eigenvalue weighted by molar-refractivity contribution is 8.00. The van der Waals surface area contributed by atoms with Gasteiger partial charge in [0.25, 0.3) is 0 Å². The number of thioether (sulfide) groups is 1. The van der Waals surface area contributed by atoms with Gasteiger partial charge in [0.05, 0.1) is 12.4 Å². The molecular formula is C20H25N3O3S2. The summed E-state index contributed by atoms with van der Waals surface area (Å²) in [6.07, 6.45) is 8.79. The molecule has 28 heavy (non-hydrogen) atoms. The fraction of sp³-hybridized carbons (Fsp3) is 0.600. The maximum absolute atomic E-state index is 12.9. The Labute approximate surface area is 173 Å². The summed E-state index contributed by atoms with van der Waals surface area (Å²) in [4.78, 5) is 38.3. The van der Waals surface area contributed by atoms with E-state index < -0.39 is 6.04 Å². The van der Waals surface area contributed by atoms with Crippen LogP contribution in [0.3, 0.4) is 0 Å². The number of piperidine rings is 1. The minimum absolute atomic E-state index is 0.0152. The number of likely N-dealkylation sites (tertiary alicyclic amines) is 1. The number of aryl methyl sites for hydroxylation is 2. The molecule has 0 saturated carbocycles. The lowest BCUT2D eigenvalue weighted by Crippen LogP contribution is -2.49. The number of hydrogen-bond donors (Lipinski definition) is 0. The minimum atomic E-state index is -0.443. The van der Waals surface area contributed by atoms with Crippen molar-refractivity contribution in [1.82, 2.24) is 14.9 Å². The second-order valence-corrected chi connectivity index (χ2v) is 9.26. The molecule has 2 aromatic heterocycles. The Bertz CT molecular complexity index is 883. The molecule has 0 N–H and O–H groups in total. The van der Waals surface area contributed by atoms with E-state index in [1.165, 1.54) is 35.0 Å². The number of carbonyl (C=O) groups excluding carboxylic acids is 2. The Kier molecular flexibility index (Phi) is 6.16. The highest BCUT2D eigenvalue weighted by Crippen LogP contribution is 2.39. The van der Waals surface area contributed by atoms with Crippen molar-refractivity contribution in [2.24, 2.45) is 0 Å². The first kappa shape index (κ1) is 19.6. The van der Waals surface area contributed by atoms with Gasteiger partial charge >= 0.3 is 5.97 Å². The average Bonchev–Trinajstić information content (AvgIpc) is 3.11. The van der Waals surface area contributed by atoms with E-state index >= 15 is 0 Å². The van der Waals surface area contributed by atoms with Gasteiger partial charge in [-0.05, 0) is 57.4 Å². The molecule has 0 bridgehead atoms. The Morgan fingerprint density at radius 3 is 2.96 bits per heavy atom. The van der Waals surface area contributed by atoms with Crippen LogP contribution in [0.5, 0.6) is 0 Å². The molecule has 1 fully saturated rings. The number of nitrogens with zero attached hydrogens (tertiary/aromatic N) is 3. The fourth-order valence-corrected chi connectivity index (χ4v) is 6.30. The number of ether oxygens (including phenoxy) is 1. The topological polar surface area (TPSA) is 72.4 Å². The number of rotatable bonds is 5. The third kappa shape index (κ3) is 3.89. The second-order valence-electron chi connectivity index (χ2n) is 7.21. The van der Waals surface area contributed by atoms with Crippen LogP contribution in [0, 0.1) is 0 Å². The van der Waals surface area contributed by atoms with Crippen LogP contribution < -0.4 is 0 Å². The van der Waals surface area contributed by atoms with Crippen LogP contribution in [0.1, 0.15) is 49.5 Å². The molecule has 1 aliphatic heterocycles. The van der Waals surface area contributed by atoms with Gasteiger partial charge in [0.1, 0.15) is 22.2 Å². The molecule has 1 aliphatic carbocycles. The molecule has 150 valence electrons. The normalized spacial score (nSPS) is 19.5. The SMILES string of the molecule is CCOC(=O)[C@@H]1CCCCN1C(=O)CSc1ncnc2sc3c(c12)CCCC3. The highest BCUT2D eigenvalue weighted by atomic mass is 32.2. The first-order chi connectivity index (χ1) is 13.7. The van der Waals surface area contributed by atoms with Crippen molar-refractivity contribution in [2.45, 2.75) is 62.9 Å². The van der Waals surface area contributed by atoms with E-state index in [0.717, 1.165) is 40.9 Å². The predicted octanol–water partition coefficient (Wildman–Crippen LogP) is 3.61. The first-order valence-corrected chi connectivity index (χ1v) is 11.8. The molecule has 1 amide bonds. The number of amides is 1. The van der Waals surface area contributed by atoms with Gasteiger partial charge < -0.3 is 9.64 Å². The van der Waals surface area contributed by atoms with Gasteiger partial charge in [-0.25, -0.2) is 14.8 Å². The van der Waals surface area contributed by atoms with Crippen molar-refractivity contribution in [3.05, 3.63) is 16.8 Å². The zero-order chi connectivity index (χ0) is 19.5. The number of aromatic nitrogens is 2. The molecule has 4 rings (SSSR count). The number of fused-ring (bicyclic) bond motifs is 3. The van der Waals surface area contributed by atoms with Crippen molar-refractivity contribution in [3.8, 4) is 0 Å². The Morgan fingerprint density at radius 2 is 2.11 bits per heavy atom. The van der Waals surface area contributed by atoms with Crippen LogP contribution in [-0.2, 0) is 27.2 Å². The van der Waals surface area contributed by atoms with Crippen molar-refractivity contribution in [2.75, 3.05) is 18.9 Å². The molecule has 2 aliphatic rings. The molecule has 2 aromatic rings. The lowest BCUT2D eigenvalue weighted by Gasteiger charge is -2.34. The molecule has 0 aromatic carbocycles. The van der Waals surface area contributed by atoms with Gasteiger partial charge in [-0.3, -0.25) is 4.79 Å². The quantitative estimate of drug-likeness (QED) is 0.419. The largest absolute Gasteiger partial charge is 0.464 e. The van der Waals surface area contributed by atoms with E-state index in [9.17, 15) is 9.59 Å². The van der Waals surface area contributed by atoms with Crippen LogP contribution in [0.4, 0.5) is 0 Å². The maximum atomic E-state index is 12.9. The van der Waals surface area contributed by atoms with Crippen molar-refractivity contribution < 1.29 is 14.3 Å². The third-order valence-electron chi connectivity index (χ3n) is 5.43. The summed E-state index contributed by atoms with van der Waals surface area (Å²) in [7, 11) is 0. The fourth-order valence-electron chi connectivity index (χ4n) is 4.10. The van der Waals surface area contributed by atoms with E-state index in [1.54, 1.807) is 29.5 Å². The van der Waals surface area contributed by atoms with Gasteiger partial charge in [-0.15, -0.1) is 11.3 Å². The Hall–Kier alpha value is -1.67. The molecule has 0 unspecified atom stereocenters. The van der Waals surface area contributed by atoms with Crippen LogP contribution in [0.15, 0.2) is 11.4 Å². The standard InChI is InChI=1S/C20H25N3O3S2/c1-2-26-20(25)14-8-5-6-10-23(14)16(24)11-27-18-17-13-7-3-4-9-15(13)28-19(17)22-12-21-18/h12,14H,2-11H2,1H3/t14-/m0/s1. The van der Waals surface area contributed by atoms with E-state index in [2.05, 4.69) is 9.97 Å². The molecule has 0 radical (unpaired) electrons. The minimum Gasteiger partial charge on any atom is -0.464 e. The second kappa shape index (κ2) is 8.78. The van der Waals surface area contributed by atoms with Gasteiger partial charge in [-0.2, -0.15) is 0 Å². The van der Waals surface area contributed by atoms with Crippen LogP contribution in [0.2, 0.25) is 0 Å². The van der Waals surface area contributed by atoms with Crippen LogP contribution >= 0.6 is 23.1 Å². The Morgan fingerprint density at radius 1 is 1.25 bits per heavy atom. The van der Waals surface area contributed by atoms with E-state index in [1.807, 2.05) is 0 Å². The molecule has 1 saturated heterocycles. The van der Waals surface area contributed by atoms with Gasteiger partial charge in [0, 0.05) is 16.8 Å². The summed E-state index contributed by atoms with van der Waals surface area (Å²) < 4.78 is 5.18. The van der Waals surface area contributed by atoms with Crippen molar-refractivity contribution >= 4 is 45.2 Å². The maximum Gasteiger partial charge on any atom is 0.328 e. The zero-order valence-corrected chi connectivity index (χ0v) is 17.7. The van der Waals surface area contributed by atoms with Gasteiger partial charge in [0.15, 0.2) is 0 Å². The molecule has 0 spiro atoms. The van der Waals surface area contributed by atoms with Gasteiger partial charge in [-0.1, -0.05) is 11.8 Å². The van der Waals surface area contributed by atoms with Crippen LogP contribution in [0.25, 0.3) is 10.2 Å². The summed E-state index contributed by atoms with van der Waals surface area (Å²) >= 11 is 3.23. The van der Waals surface area contributed by atoms with Crippen molar-refractivity contribution in [1.29, 1.82) is 0 Å². The van der Waals surface area contributed by atoms with E-state index in [-0.39, 0.29) is 17.6 Å². The molecule has 6 nitrogen and oxygen atoms in total. The summed E-state index contributed by atoms with van der Waals surface area (Å²) in [5, 5.41) is 2.03. The molecule has 3 heterocycles. The molecule has 8 heteroatoms. The highest BCUT2D eigenvalue weighted by Gasteiger charge is 2.33. The van der Waals surface area contributed by atoms with E-state index in [4.69, 9.17) is 4.74 Å². The summed E-state index contributed by atoms with van der Waals surface area (Å²) in [5.74, 6) is -0.0115. The summed E-state index contributed by atoms with van der Waals surface area (Å²) in [5.41, 5.74) is 1.38. The number of esters is 1. The number of carbonyl (C=O) groups is 2. The summed E-state index contributed by atoms with van der Waals surface area (Å²) in [6.45, 7) is 2.76. The Balaban J connectivity index is 1.50. The zero-order valence-electron chi connectivity index (χ0n) is 16.1. The smallest absolute Gasteiger partial charge is 0.328 e. The van der Waals surface area contributed by atoms with Crippen molar-refractivity contribution in [3.63, 3.8) is 0 Å². The molecular weight excluding hydrogens is 394 g/mol. The lowest BCUT2D eigenvalue weighted by atomic mass is 9.97. The third-order valence-corrected chi connectivity index (χ3v) is 7.60.